The fraction of sp³-hybridized carbons (Fsp3) is 0.619. The highest BCUT2D eigenvalue weighted by atomic mass is 32.1. The van der Waals surface area contributed by atoms with Gasteiger partial charge in [0.25, 0.3) is 0 Å². The zero-order chi connectivity index (χ0) is 20.7. The molecule has 1 aromatic carbocycles. The third-order valence-corrected chi connectivity index (χ3v) is 6.11. The molecular formula is C21H32N2O4S. The maximum absolute atomic E-state index is 12.9. The summed E-state index contributed by atoms with van der Waals surface area (Å²) in [5.74, 6) is 0.399. The Morgan fingerprint density at radius 1 is 1.21 bits per heavy atom. The number of benzene rings is 1. The molecule has 0 saturated heterocycles. The molecule has 0 bridgehead atoms. The van der Waals surface area contributed by atoms with E-state index >= 15 is 0 Å². The highest BCUT2D eigenvalue weighted by molar-refractivity contribution is 7.81. The van der Waals surface area contributed by atoms with Gasteiger partial charge in [-0.2, -0.15) is 12.6 Å². The van der Waals surface area contributed by atoms with E-state index in [-0.39, 0.29) is 24.3 Å². The minimum absolute atomic E-state index is 0.0798. The normalized spacial score (nSPS) is 17.8. The largest absolute Gasteiger partial charge is 0.497 e. The monoisotopic (exact) mass is 408 g/mol. The maximum atomic E-state index is 12.9. The van der Waals surface area contributed by atoms with Crippen LogP contribution in [-0.4, -0.2) is 47.5 Å². The van der Waals surface area contributed by atoms with Crippen LogP contribution in [0.4, 0.5) is 0 Å². The number of hydrogen-bond acceptors (Lipinski definition) is 5. The van der Waals surface area contributed by atoms with Crippen molar-refractivity contribution >= 4 is 24.4 Å². The molecule has 156 valence electrons. The summed E-state index contributed by atoms with van der Waals surface area (Å²) < 4.78 is 5.12. The molecule has 1 unspecified atom stereocenters. The molecule has 2 atom stereocenters. The molecule has 3 N–H and O–H groups in total. The average molecular weight is 409 g/mol. The number of rotatable bonds is 9. The lowest BCUT2D eigenvalue weighted by Crippen LogP contribution is -2.59. The molecule has 0 aromatic heterocycles. The van der Waals surface area contributed by atoms with Crippen molar-refractivity contribution in [2.75, 3.05) is 13.7 Å². The third kappa shape index (κ3) is 5.88. The van der Waals surface area contributed by atoms with Gasteiger partial charge in [-0.15, -0.1) is 0 Å². The minimum atomic E-state index is -0.896. The quantitative estimate of drug-likeness (QED) is 0.471. The SMILES string of the molecule is COc1ccc(CC(O)CNC(=O)C2(NC(=O)[C@@H](S)C(C)C)CCCC2)cc1. The summed E-state index contributed by atoms with van der Waals surface area (Å²) in [5.41, 5.74) is 0.0635. The fourth-order valence-corrected chi connectivity index (χ4v) is 3.55. The molecule has 28 heavy (non-hydrogen) atoms. The van der Waals surface area contributed by atoms with Crippen molar-refractivity contribution in [2.45, 2.75) is 62.8 Å². The first-order chi connectivity index (χ1) is 13.3. The number of carbonyl (C=O) groups is 2. The van der Waals surface area contributed by atoms with Crippen LogP contribution in [0.3, 0.4) is 0 Å². The summed E-state index contributed by atoms with van der Waals surface area (Å²) >= 11 is 4.36. The van der Waals surface area contributed by atoms with Gasteiger partial charge in [0.2, 0.25) is 11.8 Å². The van der Waals surface area contributed by atoms with Crippen molar-refractivity contribution in [3.8, 4) is 5.75 Å². The summed E-state index contributed by atoms with van der Waals surface area (Å²) in [6.07, 6.45) is 2.72. The van der Waals surface area contributed by atoms with Crippen molar-refractivity contribution < 1.29 is 19.4 Å². The zero-order valence-electron chi connectivity index (χ0n) is 16.9. The molecule has 1 fully saturated rings. The first-order valence-corrected chi connectivity index (χ1v) is 10.4. The van der Waals surface area contributed by atoms with Crippen LogP contribution in [0.5, 0.6) is 5.75 Å². The summed E-state index contributed by atoms with van der Waals surface area (Å²) in [6, 6.07) is 7.46. The number of hydrogen-bond donors (Lipinski definition) is 4. The van der Waals surface area contributed by atoms with Crippen molar-refractivity contribution in [1.29, 1.82) is 0 Å². The number of aliphatic hydroxyl groups excluding tert-OH is 1. The first kappa shape index (κ1) is 22.6. The van der Waals surface area contributed by atoms with E-state index in [9.17, 15) is 14.7 Å². The van der Waals surface area contributed by atoms with Gasteiger partial charge in [0.15, 0.2) is 0 Å². The van der Waals surface area contributed by atoms with Gasteiger partial charge < -0.3 is 20.5 Å². The van der Waals surface area contributed by atoms with Gasteiger partial charge in [0.05, 0.1) is 18.5 Å². The lowest BCUT2D eigenvalue weighted by Gasteiger charge is -2.31. The highest BCUT2D eigenvalue weighted by Gasteiger charge is 2.43. The third-order valence-electron chi connectivity index (χ3n) is 5.28. The molecule has 1 aliphatic rings. The number of aliphatic hydroxyl groups is 1. The summed E-state index contributed by atoms with van der Waals surface area (Å²) in [6.45, 7) is 3.99. The van der Waals surface area contributed by atoms with E-state index in [4.69, 9.17) is 4.74 Å². The van der Waals surface area contributed by atoms with Gasteiger partial charge in [-0.05, 0) is 36.5 Å². The zero-order valence-corrected chi connectivity index (χ0v) is 17.8. The van der Waals surface area contributed by atoms with Gasteiger partial charge in [-0.25, -0.2) is 0 Å². The molecular weight excluding hydrogens is 376 g/mol. The molecule has 0 aliphatic heterocycles. The van der Waals surface area contributed by atoms with E-state index in [1.165, 1.54) is 0 Å². The minimum Gasteiger partial charge on any atom is -0.497 e. The molecule has 0 heterocycles. The van der Waals surface area contributed by atoms with Gasteiger partial charge in [0, 0.05) is 13.0 Å². The topological polar surface area (TPSA) is 87.7 Å². The standard InChI is InChI=1S/C21H32N2O4S/c1-14(2)18(28)19(25)23-21(10-4-5-11-21)20(26)22-13-16(24)12-15-6-8-17(27-3)9-7-15/h6-9,14,16,18,24,28H,4-5,10-13H2,1-3H3,(H,22,26)(H,23,25)/t16?,18-/m0/s1. The van der Waals surface area contributed by atoms with Crippen molar-refractivity contribution in [3.63, 3.8) is 0 Å². The number of thiol groups is 1. The molecule has 2 rings (SSSR count). The van der Waals surface area contributed by atoms with Crippen LogP contribution in [0.2, 0.25) is 0 Å². The predicted molar refractivity (Wildman–Crippen MR) is 113 cm³/mol. The van der Waals surface area contributed by atoms with Crippen LogP contribution >= 0.6 is 12.6 Å². The number of amides is 2. The van der Waals surface area contributed by atoms with E-state index in [1.807, 2.05) is 38.1 Å². The van der Waals surface area contributed by atoms with Crippen LogP contribution in [0, 0.1) is 5.92 Å². The molecule has 2 amide bonds. The van der Waals surface area contributed by atoms with Crippen LogP contribution in [0.25, 0.3) is 0 Å². The van der Waals surface area contributed by atoms with Crippen molar-refractivity contribution in [1.82, 2.24) is 10.6 Å². The van der Waals surface area contributed by atoms with Crippen LogP contribution in [-0.2, 0) is 16.0 Å². The second kappa shape index (κ2) is 10.2. The van der Waals surface area contributed by atoms with E-state index in [0.29, 0.717) is 19.3 Å². The Bertz CT molecular complexity index is 657. The van der Waals surface area contributed by atoms with Gasteiger partial charge >= 0.3 is 0 Å². The Labute approximate surface area is 172 Å². The van der Waals surface area contributed by atoms with Gasteiger partial charge in [-0.3, -0.25) is 9.59 Å². The van der Waals surface area contributed by atoms with Gasteiger partial charge in [0.1, 0.15) is 11.3 Å². The van der Waals surface area contributed by atoms with E-state index in [1.54, 1.807) is 7.11 Å². The molecule has 1 aliphatic carbocycles. The second-order valence-electron chi connectivity index (χ2n) is 7.88. The Balaban J connectivity index is 1.91. The molecule has 0 spiro atoms. The summed E-state index contributed by atoms with van der Waals surface area (Å²) in [7, 11) is 1.61. The van der Waals surface area contributed by atoms with Crippen molar-refractivity contribution in [2.24, 2.45) is 5.92 Å². The fourth-order valence-electron chi connectivity index (χ4n) is 3.49. The lowest BCUT2D eigenvalue weighted by atomic mass is 9.95. The number of carbonyl (C=O) groups excluding carboxylic acids is 2. The van der Waals surface area contributed by atoms with Crippen molar-refractivity contribution in [3.05, 3.63) is 29.8 Å². The average Bonchev–Trinajstić information content (AvgIpc) is 3.15. The van der Waals surface area contributed by atoms with Crippen LogP contribution in [0.15, 0.2) is 24.3 Å². The predicted octanol–water partition coefficient (Wildman–Crippen LogP) is 2.10. The number of ether oxygens (including phenoxy) is 1. The molecule has 1 aromatic rings. The molecule has 6 nitrogen and oxygen atoms in total. The number of nitrogens with one attached hydrogen (secondary N) is 2. The Morgan fingerprint density at radius 2 is 1.82 bits per heavy atom. The molecule has 1 saturated carbocycles. The van der Waals surface area contributed by atoms with Crippen LogP contribution < -0.4 is 15.4 Å². The second-order valence-corrected chi connectivity index (χ2v) is 8.44. The summed E-state index contributed by atoms with van der Waals surface area (Å²) in [5, 5.41) is 15.6. The Hall–Kier alpha value is -1.73. The summed E-state index contributed by atoms with van der Waals surface area (Å²) in [4.78, 5) is 25.3. The van der Waals surface area contributed by atoms with E-state index in [0.717, 1.165) is 24.2 Å². The van der Waals surface area contributed by atoms with E-state index in [2.05, 4.69) is 23.3 Å². The Morgan fingerprint density at radius 3 is 2.36 bits per heavy atom. The first-order valence-electron chi connectivity index (χ1n) is 9.87. The Kier molecular flexibility index (Phi) is 8.19. The number of methoxy groups -OCH3 is 1. The lowest BCUT2D eigenvalue weighted by molar-refractivity contribution is -0.133. The van der Waals surface area contributed by atoms with Gasteiger partial charge in [-0.1, -0.05) is 38.8 Å². The van der Waals surface area contributed by atoms with E-state index < -0.39 is 16.9 Å². The molecule has 0 radical (unpaired) electrons. The molecule has 7 heteroatoms. The smallest absolute Gasteiger partial charge is 0.245 e. The highest BCUT2D eigenvalue weighted by Crippen LogP contribution is 2.30. The maximum Gasteiger partial charge on any atom is 0.245 e. The van der Waals surface area contributed by atoms with Crippen LogP contribution in [0.1, 0.15) is 45.1 Å².